The fourth-order valence-corrected chi connectivity index (χ4v) is 2.01. The Hall–Kier alpha value is -1.22. The number of carbonyl (C=O) groups excluding carboxylic acids is 2. The topological polar surface area (TPSA) is 73.0 Å². The molecule has 1 atom stereocenters. The second kappa shape index (κ2) is 6.38. The average molecular weight is 241 g/mol. The number of nitriles is 1. The van der Waals surface area contributed by atoms with Gasteiger partial charge in [0, 0.05) is 0 Å². The molecule has 1 N–H and O–H groups in total. The van der Waals surface area contributed by atoms with Crippen molar-refractivity contribution in [1.82, 2.24) is 10.2 Å². The Labute approximate surface area is 99.2 Å². The molecule has 0 aromatic carbocycles. The van der Waals surface area contributed by atoms with Gasteiger partial charge in [0.1, 0.15) is 6.04 Å². The quantitative estimate of drug-likeness (QED) is 0.575. The number of carbonyl (C=O) groups is 2. The Morgan fingerprint density at radius 2 is 2.38 bits per heavy atom. The predicted molar refractivity (Wildman–Crippen MR) is 61.9 cm³/mol. The van der Waals surface area contributed by atoms with Gasteiger partial charge in [-0.25, -0.2) is 4.79 Å². The Morgan fingerprint density at radius 1 is 1.62 bits per heavy atom. The zero-order chi connectivity index (χ0) is 12.0. The van der Waals surface area contributed by atoms with Crippen molar-refractivity contribution in [3.05, 3.63) is 0 Å². The van der Waals surface area contributed by atoms with Crippen LogP contribution in [-0.2, 0) is 4.79 Å². The molecule has 6 heteroatoms. The number of thioether (sulfide) groups is 1. The van der Waals surface area contributed by atoms with E-state index >= 15 is 0 Å². The van der Waals surface area contributed by atoms with Gasteiger partial charge in [0.25, 0.3) is 0 Å². The van der Waals surface area contributed by atoms with Gasteiger partial charge in [0.2, 0.25) is 5.91 Å². The van der Waals surface area contributed by atoms with Gasteiger partial charge in [-0.1, -0.05) is 13.3 Å². The van der Waals surface area contributed by atoms with E-state index < -0.39 is 6.03 Å². The van der Waals surface area contributed by atoms with E-state index in [0.29, 0.717) is 12.3 Å². The van der Waals surface area contributed by atoms with E-state index in [2.05, 4.69) is 12.2 Å². The lowest BCUT2D eigenvalue weighted by Crippen LogP contribution is -2.36. The molecular formula is C10H15N3O2S. The Bertz CT molecular complexity index is 314. The Balaban J connectivity index is 2.10. The maximum atomic E-state index is 11.3. The fraction of sp³-hybridized carbons (Fsp3) is 0.700. The summed E-state index contributed by atoms with van der Waals surface area (Å²) in [5.41, 5.74) is 0. The van der Waals surface area contributed by atoms with E-state index in [1.807, 2.05) is 6.07 Å². The summed E-state index contributed by atoms with van der Waals surface area (Å²) in [6.07, 6.45) is 2.18. The van der Waals surface area contributed by atoms with Crippen molar-refractivity contribution in [3.8, 4) is 6.07 Å². The highest BCUT2D eigenvalue weighted by Crippen LogP contribution is 2.15. The standard InChI is InChI=1S/C10H15N3O2S/c1-2-3-4-16-7-9(14)12-10(15)13-6-8(13)5-11/h8H,2-4,6-7H2,1H3,(H,12,14,15). The fourth-order valence-electron chi connectivity index (χ4n) is 1.11. The van der Waals surface area contributed by atoms with Crippen LogP contribution in [-0.4, -0.2) is 40.9 Å². The number of unbranched alkanes of at least 4 members (excludes halogenated alkanes) is 1. The number of nitrogens with one attached hydrogen (secondary N) is 1. The van der Waals surface area contributed by atoms with Gasteiger partial charge in [-0.3, -0.25) is 10.1 Å². The zero-order valence-corrected chi connectivity index (χ0v) is 10.0. The molecule has 0 aromatic heterocycles. The molecule has 1 rings (SSSR count). The summed E-state index contributed by atoms with van der Waals surface area (Å²) >= 11 is 1.52. The van der Waals surface area contributed by atoms with Crippen LogP contribution >= 0.6 is 11.8 Å². The summed E-state index contributed by atoms with van der Waals surface area (Å²) in [5.74, 6) is 0.953. The largest absolute Gasteiger partial charge is 0.325 e. The molecule has 1 unspecified atom stereocenters. The molecule has 3 amide bonds. The van der Waals surface area contributed by atoms with E-state index in [-0.39, 0.29) is 11.9 Å². The molecule has 0 radical (unpaired) electrons. The number of urea groups is 1. The lowest BCUT2D eigenvalue weighted by Gasteiger charge is -2.04. The van der Waals surface area contributed by atoms with E-state index in [1.165, 1.54) is 16.7 Å². The molecule has 16 heavy (non-hydrogen) atoms. The third kappa shape index (κ3) is 4.11. The van der Waals surface area contributed by atoms with Crippen LogP contribution in [0.3, 0.4) is 0 Å². The first-order valence-electron chi connectivity index (χ1n) is 5.26. The van der Waals surface area contributed by atoms with Gasteiger partial charge in [-0.2, -0.15) is 17.0 Å². The van der Waals surface area contributed by atoms with Gasteiger partial charge in [-0.05, 0) is 12.2 Å². The monoisotopic (exact) mass is 241 g/mol. The van der Waals surface area contributed by atoms with Crippen molar-refractivity contribution in [2.45, 2.75) is 25.8 Å². The molecule has 1 heterocycles. The zero-order valence-electron chi connectivity index (χ0n) is 9.23. The van der Waals surface area contributed by atoms with Crippen LogP contribution in [0.25, 0.3) is 0 Å². The van der Waals surface area contributed by atoms with Crippen molar-refractivity contribution in [2.75, 3.05) is 18.1 Å². The molecule has 0 spiro atoms. The number of hydrogen-bond acceptors (Lipinski definition) is 4. The van der Waals surface area contributed by atoms with E-state index in [1.54, 1.807) is 0 Å². The molecule has 1 saturated heterocycles. The van der Waals surface area contributed by atoms with Gasteiger partial charge in [-0.15, -0.1) is 0 Å². The van der Waals surface area contributed by atoms with Crippen LogP contribution < -0.4 is 5.32 Å². The third-order valence-corrected chi connectivity index (χ3v) is 3.19. The molecule has 0 saturated carbocycles. The highest BCUT2D eigenvalue weighted by atomic mass is 32.2. The number of rotatable bonds is 5. The van der Waals surface area contributed by atoms with Gasteiger partial charge in [0.15, 0.2) is 0 Å². The van der Waals surface area contributed by atoms with Crippen molar-refractivity contribution >= 4 is 23.7 Å². The molecule has 1 aliphatic heterocycles. The highest BCUT2D eigenvalue weighted by molar-refractivity contribution is 7.99. The van der Waals surface area contributed by atoms with Crippen LogP contribution in [0.15, 0.2) is 0 Å². The van der Waals surface area contributed by atoms with Crippen molar-refractivity contribution in [3.63, 3.8) is 0 Å². The summed E-state index contributed by atoms with van der Waals surface area (Å²) in [4.78, 5) is 23.9. The minimum atomic E-state index is -0.451. The number of amides is 3. The number of hydrogen-bond donors (Lipinski definition) is 1. The van der Waals surface area contributed by atoms with Crippen molar-refractivity contribution in [2.24, 2.45) is 0 Å². The minimum Gasteiger partial charge on any atom is -0.303 e. The summed E-state index contributed by atoms with van der Waals surface area (Å²) in [5, 5.41) is 10.8. The van der Waals surface area contributed by atoms with Crippen LogP contribution in [0.4, 0.5) is 4.79 Å². The van der Waals surface area contributed by atoms with Gasteiger partial charge in [0.05, 0.1) is 18.4 Å². The number of nitrogens with zero attached hydrogens (tertiary/aromatic N) is 2. The first kappa shape index (κ1) is 12.8. The normalized spacial score (nSPS) is 17.8. The van der Waals surface area contributed by atoms with E-state index in [9.17, 15) is 9.59 Å². The molecule has 88 valence electrons. The lowest BCUT2D eigenvalue weighted by molar-refractivity contribution is -0.117. The summed E-state index contributed by atoms with van der Waals surface area (Å²) < 4.78 is 0. The smallest absolute Gasteiger partial charge is 0.303 e. The van der Waals surface area contributed by atoms with Gasteiger partial charge < -0.3 is 4.90 Å². The molecule has 0 aromatic rings. The predicted octanol–water partition coefficient (Wildman–Crippen LogP) is 0.964. The average Bonchev–Trinajstić information content (AvgIpc) is 3.03. The van der Waals surface area contributed by atoms with Crippen LogP contribution in [0.1, 0.15) is 19.8 Å². The van der Waals surface area contributed by atoms with Crippen LogP contribution in [0, 0.1) is 11.3 Å². The van der Waals surface area contributed by atoms with E-state index in [4.69, 9.17) is 5.26 Å². The first-order valence-corrected chi connectivity index (χ1v) is 6.42. The summed E-state index contributed by atoms with van der Waals surface area (Å²) in [6.45, 7) is 2.52. The van der Waals surface area contributed by atoms with Crippen molar-refractivity contribution < 1.29 is 9.59 Å². The van der Waals surface area contributed by atoms with Crippen LogP contribution in [0.2, 0.25) is 0 Å². The Kier molecular flexibility index (Phi) is 5.12. The number of imide groups is 1. The molecule has 0 bridgehead atoms. The molecule has 5 nitrogen and oxygen atoms in total. The second-order valence-corrected chi connectivity index (χ2v) is 4.66. The Morgan fingerprint density at radius 3 is 2.94 bits per heavy atom. The minimum absolute atomic E-state index is 0.283. The lowest BCUT2D eigenvalue weighted by atomic mass is 10.4. The SMILES string of the molecule is CCCCSCC(=O)NC(=O)N1CC1C#N. The van der Waals surface area contributed by atoms with E-state index in [0.717, 1.165) is 18.6 Å². The van der Waals surface area contributed by atoms with Gasteiger partial charge >= 0.3 is 6.03 Å². The highest BCUT2D eigenvalue weighted by Gasteiger charge is 2.39. The molecule has 1 fully saturated rings. The summed E-state index contributed by atoms with van der Waals surface area (Å²) in [7, 11) is 0. The second-order valence-electron chi connectivity index (χ2n) is 3.56. The van der Waals surface area contributed by atoms with Crippen LogP contribution in [0.5, 0.6) is 0 Å². The molecule has 1 aliphatic rings. The maximum absolute atomic E-state index is 11.3. The first-order chi connectivity index (χ1) is 7.69. The summed E-state index contributed by atoms with van der Waals surface area (Å²) in [6, 6.07) is 1.15. The molecular weight excluding hydrogens is 226 g/mol. The third-order valence-electron chi connectivity index (χ3n) is 2.14. The van der Waals surface area contributed by atoms with Crippen molar-refractivity contribution in [1.29, 1.82) is 5.26 Å². The molecule has 0 aliphatic carbocycles. The maximum Gasteiger partial charge on any atom is 0.325 e.